The van der Waals surface area contributed by atoms with Crippen molar-refractivity contribution in [3.63, 3.8) is 0 Å². The van der Waals surface area contributed by atoms with Gasteiger partial charge in [-0.1, -0.05) is 59.3 Å². The Labute approximate surface area is 262 Å². The van der Waals surface area contributed by atoms with Crippen LogP contribution in [0.5, 0.6) is 0 Å². The van der Waals surface area contributed by atoms with Gasteiger partial charge in [0.15, 0.2) is 0 Å². The van der Waals surface area contributed by atoms with E-state index in [1.54, 1.807) is 0 Å². The van der Waals surface area contributed by atoms with E-state index in [1.165, 1.54) is 88.2 Å². The molecule has 0 saturated heterocycles. The van der Waals surface area contributed by atoms with Gasteiger partial charge in [-0.2, -0.15) is 0 Å². The number of rotatable bonds is 0. The first-order valence-electron chi connectivity index (χ1n) is 13.0. The van der Waals surface area contributed by atoms with Crippen LogP contribution in [0.1, 0.15) is 0 Å². The summed E-state index contributed by atoms with van der Waals surface area (Å²) in [6.45, 7) is 4.66. The van der Waals surface area contributed by atoms with Crippen LogP contribution >= 0.6 is 0 Å². The molecule has 0 atom stereocenters. The van der Waals surface area contributed by atoms with Gasteiger partial charge in [0.25, 0.3) is 0 Å². The summed E-state index contributed by atoms with van der Waals surface area (Å²) in [6, 6.07) is 39.0. The van der Waals surface area contributed by atoms with Crippen molar-refractivity contribution in [3.05, 3.63) is 109 Å². The van der Waals surface area contributed by atoms with Crippen LogP contribution in [-0.2, 0) is 37.1 Å². The van der Waals surface area contributed by atoms with Crippen LogP contribution < -0.4 is 24.8 Å². The summed E-state index contributed by atoms with van der Waals surface area (Å²) in [4.78, 5) is 0. The molecule has 40 heavy (non-hydrogen) atoms. The second-order valence-corrected chi connectivity index (χ2v) is 22.9. The Morgan fingerprint density at radius 1 is 0.525 bits per heavy atom. The number of halogens is 2. The predicted octanol–water partition coefficient (Wildman–Crippen LogP) is 3.20. The zero-order chi connectivity index (χ0) is 26.4. The second kappa shape index (κ2) is 12.5. The van der Waals surface area contributed by atoms with Gasteiger partial charge >= 0.3 is 41.6 Å². The second-order valence-electron chi connectivity index (χ2n) is 10.1. The average Bonchev–Trinajstić information content (AvgIpc) is 3.64. The molecule has 2 aromatic heterocycles. The van der Waals surface area contributed by atoms with E-state index in [0.29, 0.717) is 0 Å². The summed E-state index contributed by atoms with van der Waals surface area (Å²) in [6.07, 6.45) is 0. The average molecular weight is 744 g/mol. The third-order valence-electron chi connectivity index (χ3n) is 7.35. The van der Waals surface area contributed by atoms with E-state index in [1.807, 2.05) is 0 Å². The Hall–Kier alpha value is -2.63. The molecular weight excluding hydrogens is 714 g/mol. The molecule has 0 aliphatic heterocycles. The molecule has 2 nitrogen and oxygen atoms in total. The molecule has 0 aliphatic carbocycles. The quantitative estimate of drug-likeness (QED) is 0.167. The molecule has 0 unspecified atom stereocenters. The maximum atomic E-state index is 2.33. The molecule has 200 valence electrons. The topological polar surface area (TPSA) is 9.86 Å². The van der Waals surface area contributed by atoms with E-state index < -0.39 is 0 Å². The minimum atomic E-state index is 0. The molecule has 8 rings (SSSR count). The van der Waals surface area contributed by atoms with Crippen molar-refractivity contribution < 1.29 is 47.8 Å². The monoisotopic (exact) mass is 744 g/mol. The Bertz CT molecular complexity index is 1960. The number of benzene rings is 4. The number of fused-ring (bicyclic) bond motifs is 10. The molecular formula is C34H30Cl2HfN2Si-2. The standard InChI is InChI=1S/2C16H12N.C2H6Si.2ClH.Hf/c2*1-17-14-9-5-4-8-13(14)16-12-7-3-2-6-11(12)10-15(16)17;1-3-2;;;/h2*2-10H,1H3;1-2H3;2*1H;/q2*-1;;;;+2/p-2. The predicted molar refractivity (Wildman–Crippen MR) is 165 cm³/mol. The van der Waals surface area contributed by atoms with Gasteiger partial charge in [-0.05, 0) is 33.9 Å². The van der Waals surface area contributed by atoms with Crippen LogP contribution in [0, 0.1) is 0 Å². The Kier molecular flexibility index (Phi) is 9.46. The first-order chi connectivity index (χ1) is 18.5. The summed E-state index contributed by atoms with van der Waals surface area (Å²) in [5.74, 6) is 0. The van der Waals surface area contributed by atoms with Gasteiger partial charge in [-0.15, -0.1) is 70.1 Å². The number of aromatic nitrogens is 2. The van der Waals surface area contributed by atoms with Gasteiger partial charge in [0.1, 0.15) is 0 Å². The minimum Gasteiger partial charge on any atom is -1.00 e. The Balaban J connectivity index is 0.000000157. The van der Waals surface area contributed by atoms with Crippen molar-refractivity contribution in [3.8, 4) is 0 Å². The van der Waals surface area contributed by atoms with Gasteiger partial charge in [-0.3, -0.25) is 0 Å². The first-order valence-corrected chi connectivity index (χ1v) is 20.9. The Morgan fingerprint density at radius 2 is 0.825 bits per heavy atom. The maximum absolute atomic E-state index is 2.33. The molecule has 0 amide bonds. The van der Waals surface area contributed by atoms with Crippen molar-refractivity contribution in [2.75, 3.05) is 0 Å². The molecule has 0 radical (unpaired) electrons. The fraction of sp³-hybridized carbons (Fsp3) is 0.118. The van der Waals surface area contributed by atoms with E-state index in [4.69, 9.17) is 0 Å². The van der Waals surface area contributed by atoms with Crippen molar-refractivity contribution in [1.82, 2.24) is 9.13 Å². The number of para-hydroxylation sites is 2. The van der Waals surface area contributed by atoms with Gasteiger partial charge in [0.2, 0.25) is 0 Å². The van der Waals surface area contributed by atoms with Gasteiger partial charge in [0, 0.05) is 25.1 Å². The van der Waals surface area contributed by atoms with Crippen molar-refractivity contribution in [2.24, 2.45) is 14.1 Å². The van der Waals surface area contributed by atoms with Crippen LogP contribution in [0.3, 0.4) is 0 Å². The van der Waals surface area contributed by atoms with Crippen LogP contribution in [0.15, 0.2) is 109 Å². The number of hydrogen-bond donors (Lipinski definition) is 0. The zero-order valence-electron chi connectivity index (χ0n) is 23.0. The smallest absolute Gasteiger partial charge is 0.0373 e. The molecule has 6 heteroatoms. The van der Waals surface area contributed by atoms with Gasteiger partial charge < -0.3 is 33.9 Å². The fourth-order valence-corrected chi connectivity index (χ4v) is 5.73. The van der Waals surface area contributed by atoms with Crippen LogP contribution in [0.4, 0.5) is 0 Å². The minimum absolute atomic E-state index is 0. The molecule has 2 heterocycles. The van der Waals surface area contributed by atoms with Crippen LogP contribution in [0.25, 0.3) is 65.2 Å². The molecule has 0 spiro atoms. The van der Waals surface area contributed by atoms with E-state index in [0.717, 1.165) is 0 Å². The summed E-state index contributed by atoms with van der Waals surface area (Å²) in [5, 5.41) is 10.9. The maximum Gasteiger partial charge on any atom is 0.0373 e. The van der Waals surface area contributed by atoms with E-state index in [9.17, 15) is 0 Å². The molecule has 0 saturated carbocycles. The molecule has 0 aliphatic rings. The largest absolute Gasteiger partial charge is 1.00 e. The summed E-state index contributed by atoms with van der Waals surface area (Å²) < 4.78 is 4.56. The molecule has 8 aromatic rings. The van der Waals surface area contributed by atoms with Gasteiger partial charge in [0.05, 0.1) is 0 Å². The molecule has 0 bridgehead atoms. The molecule has 0 fully saturated rings. The van der Waals surface area contributed by atoms with Crippen molar-refractivity contribution in [2.45, 2.75) is 13.1 Å². The zero-order valence-corrected chi connectivity index (χ0v) is 29.1. The van der Waals surface area contributed by atoms with Crippen molar-refractivity contribution in [1.29, 1.82) is 0 Å². The number of aryl methyl sites for hydroxylation is 2. The number of nitrogens with zero attached hydrogens (tertiary/aromatic N) is 2. The number of hydrogen-bond acceptors (Lipinski definition) is 0. The molecule has 0 N–H and O–H groups in total. The normalized spacial score (nSPS) is 10.8. The third kappa shape index (κ3) is 5.23. The van der Waals surface area contributed by atoms with E-state index in [2.05, 4.69) is 146 Å². The summed E-state index contributed by atoms with van der Waals surface area (Å²) >= 11 is 1.45. The molecule has 6 aromatic carbocycles. The van der Waals surface area contributed by atoms with Crippen LogP contribution in [0.2, 0.25) is 13.1 Å². The van der Waals surface area contributed by atoms with Crippen LogP contribution in [-0.4, -0.2) is 14.6 Å². The van der Waals surface area contributed by atoms with E-state index in [-0.39, 0.29) is 30.3 Å². The first kappa shape index (κ1) is 30.3. The van der Waals surface area contributed by atoms with E-state index >= 15 is 0 Å². The van der Waals surface area contributed by atoms with Crippen molar-refractivity contribution >= 4 is 70.7 Å². The van der Waals surface area contributed by atoms with Gasteiger partial charge in [-0.25, -0.2) is 0 Å². The SMILES string of the molecule is C[Si](C)=[Hf+2].Cn1c2ccccc2c2c3ccccc3[cH-]c21.Cn1c2ccccc2c2c3ccccc3[cH-]c21.[Cl-].[Cl-]. The third-order valence-corrected chi connectivity index (χ3v) is 7.35. The summed E-state index contributed by atoms with van der Waals surface area (Å²) in [7, 11) is 4.28. The Morgan fingerprint density at radius 3 is 1.20 bits per heavy atom. The summed E-state index contributed by atoms with van der Waals surface area (Å²) in [5.41, 5.74) is 5.53. The fourth-order valence-electron chi connectivity index (χ4n) is 5.73.